The number of aryl methyl sites for hydroxylation is 1. The standard InChI is InChI=1S/C20H23F2N7O2S/c1-20(31)9-24-6-7-29(10-20)19-13(8-25-28(19)2)26-17(30)15-16(23)32-18(27-15)14-11(21)4-3-5-12(14)22/h3-5,8,24,31H,6-7,9-10,23H2,1-2H3,(H,26,30). The van der Waals surface area contributed by atoms with E-state index in [1.165, 1.54) is 12.3 Å². The largest absolute Gasteiger partial charge is 0.389 e. The van der Waals surface area contributed by atoms with Crippen molar-refractivity contribution in [3.05, 3.63) is 41.7 Å². The first-order valence-electron chi connectivity index (χ1n) is 9.88. The van der Waals surface area contributed by atoms with E-state index in [-0.39, 0.29) is 21.3 Å². The van der Waals surface area contributed by atoms with E-state index in [0.717, 1.165) is 23.5 Å². The predicted molar refractivity (Wildman–Crippen MR) is 119 cm³/mol. The Balaban J connectivity index is 1.62. The Hall–Kier alpha value is -3.09. The molecule has 1 unspecified atom stereocenters. The number of nitrogens with zero attached hydrogens (tertiary/aromatic N) is 4. The lowest BCUT2D eigenvalue weighted by molar-refractivity contribution is 0.0727. The number of thiazole rings is 1. The number of carbonyl (C=O) groups is 1. The number of anilines is 3. The Labute approximate surface area is 186 Å². The van der Waals surface area contributed by atoms with Crippen molar-refractivity contribution >= 4 is 33.8 Å². The quantitative estimate of drug-likeness (QED) is 0.466. The number of aliphatic hydroxyl groups is 1. The number of amides is 1. The van der Waals surface area contributed by atoms with Crippen LogP contribution < -0.4 is 21.3 Å². The number of nitrogen functional groups attached to an aromatic ring is 1. The van der Waals surface area contributed by atoms with Gasteiger partial charge in [0.05, 0.1) is 17.4 Å². The monoisotopic (exact) mass is 463 g/mol. The molecule has 1 atom stereocenters. The average Bonchev–Trinajstić information content (AvgIpc) is 3.20. The van der Waals surface area contributed by atoms with Gasteiger partial charge in [0.25, 0.3) is 5.91 Å². The van der Waals surface area contributed by atoms with Gasteiger partial charge >= 0.3 is 0 Å². The van der Waals surface area contributed by atoms with Gasteiger partial charge in [0.2, 0.25) is 0 Å². The first-order chi connectivity index (χ1) is 15.2. The number of hydrogen-bond acceptors (Lipinski definition) is 8. The Morgan fingerprint density at radius 3 is 2.81 bits per heavy atom. The molecule has 0 saturated carbocycles. The minimum atomic E-state index is -0.972. The Morgan fingerprint density at radius 2 is 2.09 bits per heavy atom. The third-order valence-electron chi connectivity index (χ3n) is 5.10. The van der Waals surface area contributed by atoms with Gasteiger partial charge in [0.15, 0.2) is 11.5 Å². The van der Waals surface area contributed by atoms with Gasteiger partial charge in [0, 0.05) is 33.2 Å². The van der Waals surface area contributed by atoms with Crippen molar-refractivity contribution in [3.8, 4) is 10.6 Å². The first-order valence-corrected chi connectivity index (χ1v) is 10.7. The molecular weight excluding hydrogens is 440 g/mol. The molecule has 32 heavy (non-hydrogen) atoms. The van der Waals surface area contributed by atoms with E-state index in [1.807, 2.05) is 4.90 Å². The van der Waals surface area contributed by atoms with Gasteiger partial charge in [-0.2, -0.15) is 5.10 Å². The molecular formula is C20H23F2N7O2S. The van der Waals surface area contributed by atoms with Gasteiger partial charge in [0.1, 0.15) is 27.3 Å². The van der Waals surface area contributed by atoms with E-state index < -0.39 is 23.1 Å². The van der Waals surface area contributed by atoms with Crippen molar-refractivity contribution in [1.82, 2.24) is 20.1 Å². The van der Waals surface area contributed by atoms with Crippen LogP contribution in [0.25, 0.3) is 10.6 Å². The molecule has 1 aliphatic heterocycles. The lowest BCUT2D eigenvalue weighted by atomic mass is 10.1. The molecule has 0 aliphatic carbocycles. The van der Waals surface area contributed by atoms with Gasteiger partial charge in [-0.15, -0.1) is 0 Å². The number of nitrogens with two attached hydrogens (primary N) is 1. The molecule has 1 aliphatic rings. The maximum atomic E-state index is 14.1. The summed E-state index contributed by atoms with van der Waals surface area (Å²) >= 11 is 0.828. The van der Waals surface area contributed by atoms with Crippen molar-refractivity contribution in [1.29, 1.82) is 0 Å². The molecule has 3 aromatic rings. The molecule has 5 N–H and O–H groups in total. The van der Waals surface area contributed by atoms with Crippen LogP contribution in [-0.2, 0) is 7.05 Å². The van der Waals surface area contributed by atoms with Crippen LogP contribution >= 0.6 is 11.3 Å². The molecule has 170 valence electrons. The van der Waals surface area contributed by atoms with E-state index in [0.29, 0.717) is 37.7 Å². The van der Waals surface area contributed by atoms with Crippen molar-refractivity contribution in [2.45, 2.75) is 12.5 Å². The van der Waals surface area contributed by atoms with Crippen LogP contribution in [0.3, 0.4) is 0 Å². The summed E-state index contributed by atoms with van der Waals surface area (Å²) in [5.74, 6) is -1.60. The molecule has 3 heterocycles. The van der Waals surface area contributed by atoms with Crippen molar-refractivity contribution < 1.29 is 18.7 Å². The van der Waals surface area contributed by atoms with Crippen molar-refractivity contribution in [3.63, 3.8) is 0 Å². The number of rotatable bonds is 4. The van der Waals surface area contributed by atoms with Crippen molar-refractivity contribution in [2.24, 2.45) is 7.05 Å². The summed E-state index contributed by atoms with van der Waals surface area (Å²) in [5, 5.41) is 20.7. The second kappa shape index (κ2) is 8.45. The van der Waals surface area contributed by atoms with Gasteiger partial charge in [-0.25, -0.2) is 13.8 Å². The minimum Gasteiger partial charge on any atom is -0.389 e. The second-order valence-corrected chi connectivity index (χ2v) is 8.91. The van der Waals surface area contributed by atoms with Gasteiger partial charge < -0.3 is 26.4 Å². The summed E-state index contributed by atoms with van der Waals surface area (Å²) in [4.78, 5) is 19.0. The van der Waals surface area contributed by atoms with Crippen LogP contribution in [0, 0.1) is 11.6 Å². The zero-order valence-electron chi connectivity index (χ0n) is 17.5. The molecule has 2 aromatic heterocycles. The smallest absolute Gasteiger partial charge is 0.277 e. The maximum absolute atomic E-state index is 14.1. The molecule has 0 radical (unpaired) electrons. The van der Waals surface area contributed by atoms with Gasteiger partial charge in [-0.05, 0) is 19.1 Å². The number of nitrogens with one attached hydrogen (secondary N) is 2. The third-order valence-corrected chi connectivity index (χ3v) is 6.00. The average molecular weight is 464 g/mol. The lowest BCUT2D eigenvalue weighted by Gasteiger charge is -2.30. The lowest BCUT2D eigenvalue weighted by Crippen LogP contribution is -2.44. The van der Waals surface area contributed by atoms with Crippen LogP contribution in [0.1, 0.15) is 17.4 Å². The van der Waals surface area contributed by atoms with Crippen LogP contribution in [0.2, 0.25) is 0 Å². The zero-order valence-corrected chi connectivity index (χ0v) is 18.3. The molecule has 12 heteroatoms. The second-order valence-electron chi connectivity index (χ2n) is 7.88. The molecule has 1 fully saturated rings. The molecule has 0 bridgehead atoms. The van der Waals surface area contributed by atoms with Crippen LogP contribution in [0.15, 0.2) is 24.4 Å². The summed E-state index contributed by atoms with van der Waals surface area (Å²) in [5.41, 5.74) is 4.92. The molecule has 1 aromatic carbocycles. The molecule has 0 spiro atoms. The Bertz CT molecular complexity index is 1140. The summed E-state index contributed by atoms with van der Waals surface area (Å²) in [6.07, 6.45) is 1.49. The van der Waals surface area contributed by atoms with Crippen LogP contribution in [0.4, 0.5) is 25.3 Å². The summed E-state index contributed by atoms with van der Waals surface area (Å²) in [6.45, 7) is 3.73. The molecule has 9 nitrogen and oxygen atoms in total. The zero-order chi connectivity index (χ0) is 23.0. The number of hydrogen-bond donors (Lipinski definition) is 4. The molecule has 1 amide bonds. The van der Waals surface area contributed by atoms with E-state index in [9.17, 15) is 18.7 Å². The van der Waals surface area contributed by atoms with E-state index in [4.69, 9.17) is 5.73 Å². The number of carbonyl (C=O) groups excluding carboxylic acids is 1. The Morgan fingerprint density at radius 1 is 1.38 bits per heavy atom. The van der Waals surface area contributed by atoms with Crippen LogP contribution in [0.5, 0.6) is 0 Å². The predicted octanol–water partition coefficient (Wildman–Crippen LogP) is 1.82. The van der Waals surface area contributed by atoms with Gasteiger partial charge in [-0.3, -0.25) is 9.48 Å². The number of β-amino-alcohol motifs (C(OH)–C–C–N with tert-alkyl or cyclic N) is 1. The molecule has 1 saturated heterocycles. The normalized spacial score (nSPS) is 19.1. The number of halogens is 2. The maximum Gasteiger partial charge on any atom is 0.277 e. The van der Waals surface area contributed by atoms with E-state index in [1.54, 1.807) is 18.7 Å². The highest BCUT2D eigenvalue weighted by Gasteiger charge is 2.30. The fourth-order valence-corrected chi connectivity index (χ4v) is 4.56. The van der Waals surface area contributed by atoms with Crippen LogP contribution in [-0.4, -0.2) is 57.6 Å². The topological polar surface area (TPSA) is 121 Å². The highest BCUT2D eigenvalue weighted by molar-refractivity contribution is 7.19. The SMILES string of the molecule is Cn1ncc(NC(=O)c2nc(-c3c(F)cccc3F)sc2N)c1N1CCNCC(C)(O)C1. The molecule has 4 rings (SSSR count). The van der Waals surface area contributed by atoms with E-state index in [2.05, 4.69) is 20.7 Å². The summed E-state index contributed by atoms with van der Waals surface area (Å²) in [6, 6.07) is 3.48. The highest BCUT2D eigenvalue weighted by Crippen LogP contribution is 2.34. The van der Waals surface area contributed by atoms with Crippen molar-refractivity contribution in [2.75, 3.05) is 42.1 Å². The van der Waals surface area contributed by atoms with Gasteiger partial charge in [-0.1, -0.05) is 17.4 Å². The third kappa shape index (κ3) is 4.29. The highest BCUT2D eigenvalue weighted by atomic mass is 32.1. The fourth-order valence-electron chi connectivity index (χ4n) is 3.68. The first kappa shape index (κ1) is 22.1. The fraction of sp³-hybridized carbons (Fsp3) is 0.350. The number of aromatic nitrogens is 3. The summed E-state index contributed by atoms with van der Waals surface area (Å²) < 4.78 is 29.9. The number of benzene rings is 1. The minimum absolute atomic E-state index is 0.0238. The Kier molecular flexibility index (Phi) is 5.84. The summed E-state index contributed by atoms with van der Waals surface area (Å²) in [7, 11) is 1.73. The van der Waals surface area contributed by atoms with E-state index >= 15 is 0 Å².